The Labute approximate surface area is 122 Å². The van der Waals surface area contributed by atoms with Crippen LogP contribution >= 0.6 is 11.6 Å². The highest BCUT2D eigenvalue weighted by Gasteiger charge is 2.10. The van der Waals surface area contributed by atoms with Crippen molar-refractivity contribution in [3.63, 3.8) is 0 Å². The summed E-state index contributed by atoms with van der Waals surface area (Å²) in [6, 6.07) is 2.03. The first-order chi connectivity index (χ1) is 9.22. The smallest absolute Gasteiger partial charge is 0.147 e. The molecule has 1 rings (SSSR count). The highest BCUT2D eigenvalue weighted by molar-refractivity contribution is 6.33. The van der Waals surface area contributed by atoms with Crippen molar-refractivity contribution in [2.75, 3.05) is 24.5 Å². The normalized spacial score (nSPS) is 10.7. The van der Waals surface area contributed by atoms with Gasteiger partial charge in [-0.15, -0.1) is 0 Å². The van der Waals surface area contributed by atoms with Gasteiger partial charge in [0.1, 0.15) is 5.82 Å². The molecule has 0 aliphatic rings. The number of pyridine rings is 1. The second kappa shape index (κ2) is 9.16. The van der Waals surface area contributed by atoms with E-state index in [2.05, 4.69) is 36.0 Å². The summed E-state index contributed by atoms with van der Waals surface area (Å²) in [4.78, 5) is 6.78. The molecule has 0 fully saturated rings. The van der Waals surface area contributed by atoms with Crippen molar-refractivity contribution in [3.05, 3.63) is 22.8 Å². The molecule has 0 bridgehead atoms. The number of nitrogens with zero attached hydrogens (tertiary/aromatic N) is 2. The van der Waals surface area contributed by atoms with Gasteiger partial charge < -0.3 is 10.2 Å². The molecule has 0 atom stereocenters. The van der Waals surface area contributed by atoms with Crippen molar-refractivity contribution < 1.29 is 0 Å². The highest BCUT2D eigenvalue weighted by Crippen LogP contribution is 2.24. The van der Waals surface area contributed by atoms with Gasteiger partial charge in [-0.25, -0.2) is 4.98 Å². The zero-order chi connectivity index (χ0) is 14.1. The lowest BCUT2D eigenvalue weighted by Gasteiger charge is -2.23. The Morgan fingerprint density at radius 2 is 2.05 bits per heavy atom. The number of halogens is 1. The van der Waals surface area contributed by atoms with E-state index in [4.69, 9.17) is 11.6 Å². The third-order valence-corrected chi connectivity index (χ3v) is 3.38. The summed E-state index contributed by atoms with van der Waals surface area (Å²) >= 11 is 6.36. The van der Waals surface area contributed by atoms with E-state index in [9.17, 15) is 0 Å². The molecule has 1 aromatic heterocycles. The van der Waals surface area contributed by atoms with E-state index >= 15 is 0 Å². The number of unbranched alkanes of at least 4 members (excludes halogenated alkanes) is 1. The molecule has 4 heteroatoms. The first kappa shape index (κ1) is 16.3. The highest BCUT2D eigenvalue weighted by atomic mass is 35.5. The summed E-state index contributed by atoms with van der Waals surface area (Å²) in [6.07, 6.45) is 5.43. The van der Waals surface area contributed by atoms with Crippen LogP contribution in [0.1, 0.15) is 45.6 Å². The Hall–Kier alpha value is -0.800. The molecule has 0 amide bonds. The minimum Gasteiger partial charge on any atom is -0.356 e. The zero-order valence-electron chi connectivity index (χ0n) is 12.4. The number of rotatable bonds is 9. The number of aromatic nitrogens is 1. The average Bonchev–Trinajstić information content (AvgIpc) is 2.41. The SMILES string of the molecule is CCCCN(CC)c1ncc(CNCCC)cc1Cl. The molecule has 0 saturated heterocycles. The number of hydrogen-bond acceptors (Lipinski definition) is 3. The van der Waals surface area contributed by atoms with Crippen LogP contribution in [0.5, 0.6) is 0 Å². The maximum atomic E-state index is 6.36. The van der Waals surface area contributed by atoms with E-state index in [1.54, 1.807) is 0 Å². The van der Waals surface area contributed by atoms with Gasteiger partial charge in [-0.3, -0.25) is 0 Å². The van der Waals surface area contributed by atoms with E-state index in [0.717, 1.165) is 49.0 Å². The first-order valence-electron chi connectivity index (χ1n) is 7.32. The molecule has 1 N–H and O–H groups in total. The Balaban J connectivity index is 2.69. The molecule has 1 heterocycles. The van der Waals surface area contributed by atoms with Crippen LogP contribution in [0.25, 0.3) is 0 Å². The fraction of sp³-hybridized carbons (Fsp3) is 0.667. The van der Waals surface area contributed by atoms with Crippen molar-refractivity contribution >= 4 is 17.4 Å². The lowest BCUT2D eigenvalue weighted by Crippen LogP contribution is -2.25. The molecule has 0 aliphatic carbocycles. The quantitative estimate of drug-likeness (QED) is 0.698. The summed E-state index contributed by atoms with van der Waals surface area (Å²) in [5.41, 5.74) is 1.15. The summed E-state index contributed by atoms with van der Waals surface area (Å²) in [5.74, 6) is 0.914. The zero-order valence-corrected chi connectivity index (χ0v) is 13.1. The minimum atomic E-state index is 0.758. The first-order valence-corrected chi connectivity index (χ1v) is 7.70. The largest absolute Gasteiger partial charge is 0.356 e. The molecule has 1 aromatic rings. The van der Waals surface area contributed by atoms with Crippen molar-refractivity contribution in [2.24, 2.45) is 0 Å². The molecule has 19 heavy (non-hydrogen) atoms. The molecule has 108 valence electrons. The second-order valence-electron chi connectivity index (χ2n) is 4.76. The van der Waals surface area contributed by atoms with Crippen LogP contribution in [0.2, 0.25) is 5.02 Å². The van der Waals surface area contributed by atoms with Crippen LogP contribution in [-0.4, -0.2) is 24.6 Å². The Morgan fingerprint density at radius 1 is 1.26 bits per heavy atom. The Bertz CT molecular complexity index is 368. The van der Waals surface area contributed by atoms with Gasteiger partial charge in [0.05, 0.1) is 5.02 Å². The van der Waals surface area contributed by atoms with Gasteiger partial charge in [-0.2, -0.15) is 0 Å². The van der Waals surface area contributed by atoms with Gasteiger partial charge in [0.15, 0.2) is 0 Å². The van der Waals surface area contributed by atoms with E-state index < -0.39 is 0 Å². The van der Waals surface area contributed by atoms with Gasteiger partial charge in [0.25, 0.3) is 0 Å². The molecule has 0 saturated carbocycles. The molecule has 0 radical (unpaired) electrons. The van der Waals surface area contributed by atoms with Crippen LogP contribution in [0, 0.1) is 0 Å². The predicted molar refractivity (Wildman–Crippen MR) is 84.0 cm³/mol. The van der Waals surface area contributed by atoms with Crippen LogP contribution < -0.4 is 10.2 Å². The molecule has 0 unspecified atom stereocenters. The maximum absolute atomic E-state index is 6.36. The summed E-state index contributed by atoms with van der Waals surface area (Å²) < 4.78 is 0. The van der Waals surface area contributed by atoms with Gasteiger partial charge in [-0.05, 0) is 37.9 Å². The van der Waals surface area contributed by atoms with Crippen molar-refractivity contribution in [3.8, 4) is 0 Å². The predicted octanol–water partition coefficient (Wildman–Crippen LogP) is 3.86. The minimum absolute atomic E-state index is 0.758. The number of nitrogens with one attached hydrogen (secondary N) is 1. The van der Waals surface area contributed by atoms with Crippen molar-refractivity contribution in [1.82, 2.24) is 10.3 Å². The molecular formula is C15H26ClN3. The van der Waals surface area contributed by atoms with Crippen molar-refractivity contribution in [1.29, 1.82) is 0 Å². The van der Waals surface area contributed by atoms with Crippen LogP contribution in [0.4, 0.5) is 5.82 Å². The average molecular weight is 284 g/mol. The van der Waals surface area contributed by atoms with E-state index in [1.165, 1.54) is 12.8 Å². The van der Waals surface area contributed by atoms with Gasteiger partial charge in [0.2, 0.25) is 0 Å². The van der Waals surface area contributed by atoms with Crippen LogP contribution in [0.3, 0.4) is 0 Å². The fourth-order valence-corrected chi connectivity index (χ4v) is 2.28. The standard InChI is InChI=1S/C15H26ClN3/c1-4-7-9-19(6-3)15-14(16)10-13(12-18-15)11-17-8-5-2/h10,12,17H,4-9,11H2,1-3H3. The number of hydrogen-bond donors (Lipinski definition) is 1. The van der Waals surface area contributed by atoms with E-state index in [1.807, 2.05) is 12.3 Å². The maximum Gasteiger partial charge on any atom is 0.147 e. The monoisotopic (exact) mass is 283 g/mol. The second-order valence-corrected chi connectivity index (χ2v) is 5.17. The van der Waals surface area contributed by atoms with Crippen LogP contribution in [-0.2, 0) is 6.54 Å². The third-order valence-electron chi connectivity index (χ3n) is 3.10. The molecule has 3 nitrogen and oxygen atoms in total. The topological polar surface area (TPSA) is 28.2 Å². The summed E-state index contributed by atoms with van der Waals surface area (Å²) in [5, 5.41) is 4.12. The third kappa shape index (κ3) is 5.37. The van der Waals surface area contributed by atoms with Gasteiger partial charge in [0, 0.05) is 25.8 Å². The number of anilines is 1. The lowest BCUT2D eigenvalue weighted by atomic mass is 10.2. The summed E-state index contributed by atoms with van der Waals surface area (Å²) in [7, 11) is 0. The van der Waals surface area contributed by atoms with Crippen molar-refractivity contribution in [2.45, 2.75) is 46.6 Å². The van der Waals surface area contributed by atoms with Gasteiger partial charge in [-0.1, -0.05) is 31.9 Å². The Kier molecular flexibility index (Phi) is 7.84. The van der Waals surface area contributed by atoms with Gasteiger partial charge >= 0.3 is 0 Å². The molecule has 0 aromatic carbocycles. The van der Waals surface area contributed by atoms with E-state index in [0.29, 0.717) is 0 Å². The fourth-order valence-electron chi connectivity index (χ4n) is 1.97. The van der Waals surface area contributed by atoms with Crippen LogP contribution in [0.15, 0.2) is 12.3 Å². The molecule has 0 spiro atoms. The molecular weight excluding hydrogens is 258 g/mol. The summed E-state index contributed by atoms with van der Waals surface area (Å²) in [6.45, 7) is 10.3. The lowest BCUT2D eigenvalue weighted by molar-refractivity contribution is 0.673. The molecule has 0 aliphatic heterocycles. The van der Waals surface area contributed by atoms with E-state index in [-0.39, 0.29) is 0 Å². The Morgan fingerprint density at radius 3 is 2.63 bits per heavy atom.